The third kappa shape index (κ3) is 5.21. The first-order valence-corrected chi connectivity index (χ1v) is 8.00. The molecule has 132 valence electrons. The molecule has 1 aromatic rings. The molecule has 0 radical (unpaired) electrons. The molecule has 1 aliphatic heterocycles. The maximum absolute atomic E-state index is 12.4. The summed E-state index contributed by atoms with van der Waals surface area (Å²) < 4.78 is 10.4. The lowest BCUT2D eigenvalue weighted by Crippen LogP contribution is -2.49. The van der Waals surface area contributed by atoms with Gasteiger partial charge in [-0.1, -0.05) is 12.1 Å². The van der Waals surface area contributed by atoms with Crippen molar-refractivity contribution < 1.29 is 24.2 Å². The largest absolute Gasteiger partial charge is 0.497 e. The van der Waals surface area contributed by atoms with Crippen molar-refractivity contribution >= 4 is 11.9 Å². The van der Waals surface area contributed by atoms with E-state index in [1.165, 1.54) is 0 Å². The Labute approximate surface area is 141 Å². The van der Waals surface area contributed by atoms with Gasteiger partial charge >= 0.3 is 5.97 Å². The van der Waals surface area contributed by atoms with Gasteiger partial charge in [-0.3, -0.25) is 4.79 Å². The number of carboxylic acids is 1. The van der Waals surface area contributed by atoms with Crippen LogP contribution < -0.4 is 10.5 Å². The number of carbonyl (C=O) groups is 2. The number of ether oxygens (including phenoxy) is 2. The fourth-order valence-electron chi connectivity index (χ4n) is 2.77. The number of likely N-dealkylation sites (tertiary alicyclic amines) is 1. The Bertz CT molecular complexity index is 553. The lowest BCUT2D eigenvalue weighted by molar-refractivity contribution is -0.147. The molecular formula is C17H24N2O5. The van der Waals surface area contributed by atoms with Crippen molar-refractivity contribution in [1.29, 1.82) is 0 Å². The van der Waals surface area contributed by atoms with Crippen LogP contribution in [0.3, 0.4) is 0 Å². The Morgan fingerprint density at radius 1 is 1.29 bits per heavy atom. The molecule has 0 saturated carbocycles. The van der Waals surface area contributed by atoms with Crippen molar-refractivity contribution in [3.05, 3.63) is 29.8 Å². The SMILES string of the molecule is COc1ccc(C[C@H](N)C(=O)N2CCC(OCC(=O)O)CC2)cc1. The highest BCUT2D eigenvalue weighted by molar-refractivity contribution is 5.82. The minimum atomic E-state index is -0.977. The summed E-state index contributed by atoms with van der Waals surface area (Å²) in [6.07, 6.45) is 1.63. The van der Waals surface area contributed by atoms with Gasteiger partial charge in [0.1, 0.15) is 12.4 Å². The van der Waals surface area contributed by atoms with E-state index in [4.69, 9.17) is 20.3 Å². The third-order valence-corrected chi connectivity index (χ3v) is 4.13. The molecule has 1 saturated heterocycles. The first kappa shape index (κ1) is 18.2. The molecule has 0 spiro atoms. The molecule has 7 heteroatoms. The van der Waals surface area contributed by atoms with Crippen molar-refractivity contribution in [1.82, 2.24) is 4.90 Å². The van der Waals surface area contributed by atoms with Crippen LogP contribution in [0.1, 0.15) is 18.4 Å². The van der Waals surface area contributed by atoms with E-state index in [0.717, 1.165) is 11.3 Å². The number of nitrogens with two attached hydrogens (primary N) is 1. The van der Waals surface area contributed by atoms with Crippen molar-refractivity contribution in [2.45, 2.75) is 31.4 Å². The normalized spacial score (nSPS) is 16.7. The fraction of sp³-hybridized carbons (Fsp3) is 0.529. The van der Waals surface area contributed by atoms with Crippen LogP contribution in [-0.4, -0.2) is 60.8 Å². The second kappa shape index (κ2) is 8.65. The molecule has 2 rings (SSSR count). The third-order valence-electron chi connectivity index (χ3n) is 4.13. The molecule has 1 amide bonds. The molecule has 1 heterocycles. The van der Waals surface area contributed by atoms with Gasteiger partial charge in [0.2, 0.25) is 5.91 Å². The summed E-state index contributed by atoms with van der Waals surface area (Å²) in [5.74, 6) is -0.292. The highest BCUT2D eigenvalue weighted by Gasteiger charge is 2.27. The summed E-state index contributed by atoms with van der Waals surface area (Å²) in [6.45, 7) is 0.786. The Morgan fingerprint density at radius 2 is 1.92 bits per heavy atom. The Morgan fingerprint density at radius 3 is 2.46 bits per heavy atom. The second-order valence-corrected chi connectivity index (χ2v) is 5.89. The molecule has 3 N–H and O–H groups in total. The van der Waals surface area contributed by atoms with E-state index >= 15 is 0 Å². The number of hydrogen-bond donors (Lipinski definition) is 2. The minimum absolute atomic E-state index is 0.0810. The van der Waals surface area contributed by atoms with Crippen LogP contribution in [0.15, 0.2) is 24.3 Å². The lowest BCUT2D eigenvalue weighted by atomic mass is 10.0. The molecule has 0 aromatic heterocycles. The van der Waals surface area contributed by atoms with Gasteiger partial charge < -0.3 is 25.2 Å². The highest BCUT2D eigenvalue weighted by atomic mass is 16.5. The smallest absolute Gasteiger partial charge is 0.329 e. The number of amides is 1. The van der Waals surface area contributed by atoms with Crippen LogP contribution in [0.5, 0.6) is 5.75 Å². The zero-order valence-corrected chi connectivity index (χ0v) is 13.8. The number of benzene rings is 1. The number of hydrogen-bond acceptors (Lipinski definition) is 5. The van der Waals surface area contributed by atoms with Crippen molar-refractivity contribution in [3.63, 3.8) is 0 Å². The van der Waals surface area contributed by atoms with Crippen LogP contribution >= 0.6 is 0 Å². The molecule has 0 bridgehead atoms. The first-order chi connectivity index (χ1) is 11.5. The summed E-state index contributed by atoms with van der Waals surface area (Å²) in [4.78, 5) is 24.7. The molecule has 0 unspecified atom stereocenters. The van der Waals surface area contributed by atoms with E-state index < -0.39 is 12.0 Å². The summed E-state index contributed by atoms with van der Waals surface area (Å²) in [5.41, 5.74) is 7.03. The monoisotopic (exact) mass is 336 g/mol. The van der Waals surface area contributed by atoms with Gasteiger partial charge in [0.25, 0.3) is 0 Å². The standard InChI is InChI=1S/C17H24N2O5/c1-23-13-4-2-12(3-5-13)10-15(18)17(22)19-8-6-14(7-9-19)24-11-16(20)21/h2-5,14-15H,6-11,18H2,1H3,(H,20,21)/t15-/m0/s1. The number of methoxy groups -OCH3 is 1. The van der Waals surface area contributed by atoms with Gasteiger partial charge in [-0.05, 0) is 37.0 Å². The van der Waals surface area contributed by atoms with Gasteiger partial charge in [-0.25, -0.2) is 4.79 Å². The minimum Gasteiger partial charge on any atom is -0.497 e. The topological polar surface area (TPSA) is 102 Å². The Kier molecular flexibility index (Phi) is 6.57. The van der Waals surface area contributed by atoms with E-state index in [9.17, 15) is 9.59 Å². The molecule has 1 atom stereocenters. The molecule has 1 fully saturated rings. The predicted molar refractivity (Wildman–Crippen MR) is 87.9 cm³/mol. The van der Waals surface area contributed by atoms with Gasteiger partial charge in [-0.15, -0.1) is 0 Å². The summed E-state index contributed by atoms with van der Waals surface area (Å²) in [7, 11) is 1.61. The lowest BCUT2D eigenvalue weighted by Gasteiger charge is -2.33. The highest BCUT2D eigenvalue weighted by Crippen LogP contribution is 2.16. The number of rotatable bonds is 7. The van der Waals surface area contributed by atoms with Crippen LogP contribution in [0, 0.1) is 0 Å². The van der Waals surface area contributed by atoms with Crippen LogP contribution in [0.2, 0.25) is 0 Å². The first-order valence-electron chi connectivity index (χ1n) is 8.00. The zero-order chi connectivity index (χ0) is 17.5. The maximum atomic E-state index is 12.4. The molecular weight excluding hydrogens is 312 g/mol. The second-order valence-electron chi connectivity index (χ2n) is 5.89. The number of carboxylic acid groups (broad SMARTS) is 1. The van der Waals surface area contributed by atoms with Crippen LogP contribution in [-0.2, 0) is 20.7 Å². The van der Waals surface area contributed by atoms with Crippen LogP contribution in [0.4, 0.5) is 0 Å². The van der Waals surface area contributed by atoms with Gasteiger partial charge in [-0.2, -0.15) is 0 Å². The zero-order valence-electron chi connectivity index (χ0n) is 13.8. The summed E-state index contributed by atoms with van der Waals surface area (Å²) in [5, 5.41) is 8.62. The molecule has 1 aliphatic rings. The molecule has 24 heavy (non-hydrogen) atoms. The average Bonchev–Trinajstić information content (AvgIpc) is 2.60. The van der Waals surface area contributed by atoms with E-state index in [2.05, 4.69) is 0 Å². The quantitative estimate of drug-likeness (QED) is 0.758. The van der Waals surface area contributed by atoms with E-state index in [-0.39, 0.29) is 18.6 Å². The van der Waals surface area contributed by atoms with Crippen molar-refractivity contribution in [2.24, 2.45) is 5.73 Å². The number of nitrogens with zero attached hydrogens (tertiary/aromatic N) is 1. The van der Waals surface area contributed by atoms with E-state index in [0.29, 0.717) is 32.4 Å². The van der Waals surface area contributed by atoms with E-state index in [1.54, 1.807) is 12.0 Å². The van der Waals surface area contributed by atoms with Gasteiger partial charge in [0.15, 0.2) is 0 Å². The van der Waals surface area contributed by atoms with E-state index in [1.807, 2.05) is 24.3 Å². The predicted octanol–water partition coefficient (Wildman–Crippen LogP) is 0.657. The summed E-state index contributed by atoms with van der Waals surface area (Å²) in [6, 6.07) is 6.90. The average molecular weight is 336 g/mol. The molecule has 0 aliphatic carbocycles. The van der Waals surface area contributed by atoms with Crippen LogP contribution in [0.25, 0.3) is 0 Å². The van der Waals surface area contributed by atoms with Crippen molar-refractivity contribution in [2.75, 3.05) is 26.8 Å². The Hall–Kier alpha value is -2.12. The molecule has 7 nitrogen and oxygen atoms in total. The summed E-state index contributed by atoms with van der Waals surface area (Å²) >= 11 is 0. The number of aliphatic carboxylic acids is 1. The number of piperidine rings is 1. The molecule has 1 aromatic carbocycles. The fourth-order valence-corrected chi connectivity index (χ4v) is 2.77. The Balaban J connectivity index is 1.79. The maximum Gasteiger partial charge on any atom is 0.329 e. The van der Waals surface area contributed by atoms with Crippen molar-refractivity contribution in [3.8, 4) is 5.75 Å². The van der Waals surface area contributed by atoms with Gasteiger partial charge in [0, 0.05) is 13.1 Å². The number of carbonyl (C=O) groups excluding carboxylic acids is 1. The van der Waals surface area contributed by atoms with Gasteiger partial charge in [0.05, 0.1) is 19.3 Å².